The van der Waals surface area contributed by atoms with Gasteiger partial charge in [-0.3, -0.25) is 0 Å². The number of rotatable bonds is 6. The predicted molar refractivity (Wildman–Crippen MR) is 218 cm³/mol. The van der Waals surface area contributed by atoms with Crippen molar-refractivity contribution in [3.05, 3.63) is 190 Å². The van der Waals surface area contributed by atoms with Crippen molar-refractivity contribution in [2.75, 3.05) is 0 Å². The molecule has 248 valence electrons. The second-order valence-corrected chi connectivity index (χ2v) is 69.5. The SMILES string of the molecule is CC1=Cc2c(-c3ccccc3)cccc2[CH]1[Zr](=[SiH2])([Cl])([Cl])([c]1ccc(C)cc1)([c]1ccc(C)cc1)[CH]1C(C)=Cc2c(-c3ccccc3)cccc21. The maximum absolute atomic E-state index is 9.61. The summed E-state index contributed by atoms with van der Waals surface area (Å²) in [5.41, 5.74) is 14.4. The molecule has 0 aliphatic heterocycles. The average molecular weight is 785 g/mol. The van der Waals surface area contributed by atoms with Gasteiger partial charge < -0.3 is 0 Å². The summed E-state index contributed by atoms with van der Waals surface area (Å²) in [4.78, 5) is 0. The van der Waals surface area contributed by atoms with Gasteiger partial charge in [-0.1, -0.05) is 0 Å². The van der Waals surface area contributed by atoms with Crippen molar-refractivity contribution in [3.8, 4) is 22.3 Å². The minimum atomic E-state index is -7.03. The first kappa shape index (κ1) is 33.6. The molecule has 0 saturated heterocycles. The fourth-order valence-electron chi connectivity index (χ4n) is 10.3. The molecule has 0 spiro atoms. The Morgan fingerprint density at radius 3 is 1.16 bits per heavy atom. The van der Waals surface area contributed by atoms with Crippen molar-refractivity contribution in [1.29, 1.82) is 0 Å². The molecule has 8 rings (SSSR count). The van der Waals surface area contributed by atoms with E-state index in [4.69, 9.17) is 0 Å². The molecular weight excluding hydrogens is 743 g/mol. The summed E-state index contributed by atoms with van der Waals surface area (Å²) in [5.74, 6) is 0. The van der Waals surface area contributed by atoms with E-state index >= 15 is 0 Å². The fraction of sp³-hybridized carbons (Fsp3) is 0.130. The van der Waals surface area contributed by atoms with Crippen LogP contribution in [0.2, 0.25) is 0 Å². The van der Waals surface area contributed by atoms with Crippen LogP contribution < -0.4 is 6.54 Å². The maximum atomic E-state index is 9.61. The Hall–Kier alpha value is -3.52. The van der Waals surface area contributed by atoms with Crippen LogP contribution in [0.1, 0.15) is 54.5 Å². The Labute approximate surface area is 299 Å². The van der Waals surface area contributed by atoms with Gasteiger partial charge in [-0.2, -0.15) is 0 Å². The summed E-state index contributed by atoms with van der Waals surface area (Å²) in [7, 11) is 19.2. The topological polar surface area (TPSA) is 0 Å². The Balaban J connectivity index is 1.59. The number of hydrogen-bond acceptors (Lipinski definition) is 0. The third-order valence-electron chi connectivity index (χ3n) is 12.4. The second kappa shape index (κ2) is 10.8. The van der Waals surface area contributed by atoms with E-state index in [1.807, 2.05) is 6.88 Å². The number of aryl methyl sites for hydroxylation is 2. The molecule has 0 amide bonds. The van der Waals surface area contributed by atoms with Crippen LogP contribution in [0.15, 0.2) is 157 Å². The van der Waals surface area contributed by atoms with Gasteiger partial charge in [0.25, 0.3) is 0 Å². The zero-order valence-electron chi connectivity index (χ0n) is 29.1. The van der Waals surface area contributed by atoms with Gasteiger partial charge in [-0.05, 0) is 0 Å². The first-order chi connectivity index (χ1) is 23.8. The monoisotopic (exact) mass is 782 g/mol. The molecule has 4 heteroatoms. The van der Waals surface area contributed by atoms with Crippen LogP contribution in [0.3, 0.4) is 0 Å². The number of allylic oxidation sites excluding steroid dienone is 2. The van der Waals surface area contributed by atoms with Crippen LogP contribution in [0.4, 0.5) is 0 Å². The van der Waals surface area contributed by atoms with Gasteiger partial charge in [0.1, 0.15) is 0 Å². The third-order valence-corrected chi connectivity index (χ3v) is 55.3. The van der Waals surface area contributed by atoms with Crippen molar-refractivity contribution in [3.63, 3.8) is 0 Å². The summed E-state index contributed by atoms with van der Waals surface area (Å²) in [5, 5.41) is 0. The Bertz CT molecular complexity index is 2360. The molecule has 2 atom stereocenters. The van der Waals surface area contributed by atoms with E-state index in [-0.39, 0.29) is 7.25 Å². The molecule has 2 aliphatic carbocycles. The quantitative estimate of drug-likeness (QED) is 0.148. The van der Waals surface area contributed by atoms with E-state index in [0.717, 1.165) is 6.54 Å². The van der Waals surface area contributed by atoms with E-state index in [0.29, 0.717) is 0 Å². The van der Waals surface area contributed by atoms with Gasteiger partial charge in [0.05, 0.1) is 0 Å². The Morgan fingerprint density at radius 1 is 0.440 bits per heavy atom. The summed E-state index contributed by atoms with van der Waals surface area (Å²) < 4.78 is 1.50. The molecule has 2 aliphatic rings. The van der Waals surface area contributed by atoms with Gasteiger partial charge >= 0.3 is 302 Å². The summed E-state index contributed by atoms with van der Waals surface area (Å²) >= 11 is -7.03. The van der Waals surface area contributed by atoms with Crippen molar-refractivity contribution >= 4 is 42.6 Å². The fourth-order valence-corrected chi connectivity index (χ4v) is 53.3. The number of fused-ring (bicyclic) bond motifs is 2. The van der Waals surface area contributed by atoms with Crippen molar-refractivity contribution in [2.24, 2.45) is 0 Å². The van der Waals surface area contributed by atoms with E-state index in [2.05, 4.69) is 185 Å². The second-order valence-electron chi connectivity index (χ2n) is 15.5. The molecule has 6 aromatic carbocycles. The summed E-state index contributed by atoms with van der Waals surface area (Å²) in [6.45, 7) is 10.8. The van der Waals surface area contributed by atoms with Crippen molar-refractivity contribution in [1.82, 2.24) is 0 Å². The van der Waals surface area contributed by atoms with Gasteiger partial charge in [-0.15, -0.1) is 0 Å². The van der Waals surface area contributed by atoms with Crippen LogP contribution >= 0.6 is 17.0 Å². The van der Waals surface area contributed by atoms with Crippen LogP contribution in [-0.2, 0) is 12.0 Å². The summed E-state index contributed by atoms with van der Waals surface area (Å²) in [6, 6.07) is 52.7. The number of benzene rings is 6. The third kappa shape index (κ3) is 4.26. The van der Waals surface area contributed by atoms with Crippen molar-refractivity contribution < 1.29 is 12.0 Å². The first-order valence-electron chi connectivity index (χ1n) is 17.6. The molecule has 0 N–H and O–H groups in total. The van der Waals surface area contributed by atoms with E-state index in [1.54, 1.807) is 0 Å². The molecular formula is C46H42Cl2SiZr. The van der Waals surface area contributed by atoms with Gasteiger partial charge in [0.15, 0.2) is 0 Å². The van der Waals surface area contributed by atoms with Gasteiger partial charge in [0.2, 0.25) is 0 Å². The van der Waals surface area contributed by atoms with Crippen LogP contribution in [0.25, 0.3) is 34.4 Å². The van der Waals surface area contributed by atoms with Crippen LogP contribution in [-0.4, -0.2) is 6.88 Å². The molecule has 0 radical (unpaired) electrons. The number of hydrogen-bond donors (Lipinski definition) is 0. The van der Waals surface area contributed by atoms with Crippen LogP contribution in [0, 0.1) is 13.8 Å². The van der Waals surface area contributed by atoms with Crippen LogP contribution in [0.5, 0.6) is 0 Å². The summed E-state index contributed by atoms with van der Waals surface area (Å²) in [6.07, 6.45) is 4.76. The van der Waals surface area contributed by atoms with E-state index in [1.165, 1.54) is 66.8 Å². The van der Waals surface area contributed by atoms with E-state index < -0.39 is 12.0 Å². The van der Waals surface area contributed by atoms with E-state index in [9.17, 15) is 17.0 Å². The predicted octanol–water partition coefficient (Wildman–Crippen LogP) is 11.5. The minimum absolute atomic E-state index is 0.294. The Kier molecular flexibility index (Phi) is 7.23. The first-order valence-corrected chi connectivity index (χ1v) is 35.1. The molecule has 6 aromatic rings. The molecule has 0 heterocycles. The van der Waals surface area contributed by atoms with Gasteiger partial charge in [0, 0.05) is 0 Å². The zero-order chi connectivity index (χ0) is 35.0. The average Bonchev–Trinajstić information content (AvgIpc) is 3.67. The molecule has 0 saturated carbocycles. The standard InChI is InChI=1S/2C16H13.2C7H7.2ClH.H2Si.Zr/c2*1-12-10-14-8-5-9-15(16(14)11-12)13-6-3-2-4-7-13;2*1-7-5-3-2-4-6-7;;;;/h2*2-11H,1H3;2*3-6H,1H3;2*1H;1H2;/q;;;;;;;+2/p-2. The molecule has 0 bridgehead atoms. The molecule has 2 unspecified atom stereocenters. The van der Waals surface area contributed by atoms with Gasteiger partial charge in [-0.25, -0.2) is 0 Å². The molecule has 0 aromatic heterocycles. The molecule has 0 fully saturated rings. The zero-order valence-corrected chi connectivity index (χ0v) is 34.5. The normalized spacial score (nSPS) is 18.9. The number of halogens is 2. The molecule has 50 heavy (non-hydrogen) atoms. The van der Waals surface area contributed by atoms with Crippen molar-refractivity contribution in [2.45, 2.75) is 34.9 Å². The molecule has 0 nitrogen and oxygen atoms in total. The Morgan fingerprint density at radius 2 is 0.800 bits per heavy atom.